The maximum atomic E-state index is 13.2. The summed E-state index contributed by atoms with van der Waals surface area (Å²) in [6.07, 6.45) is -4.61. The lowest BCUT2D eigenvalue weighted by Gasteiger charge is -2.26. The van der Waals surface area contributed by atoms with Gasteiger partial charge in [-0.2, -0.15) is 18.3 Å². The normalized spacial score (nSPS) is 16.2. The smallest absolute Gasteiger partial charge is 0.379 e. The zero-order valence-corrected chi connectivity index (χ0v) is 15.5. The lowest BCUT2D eigenvalue weighted by molar-refractivity contribution is -0.142. The van der Waals surface area contributed by atoms with Crippen LogP contribution in [0.1, 0.15) is 21.9 Å². The first-order valence-corrected chi connectivity index (χ1v) is 8.78. The van der Waals surface area contributed by atoms with E-state index in [9.17, 15) is 18.0 Å². The third-order valence-electron chi connectivity index (χ3n) is 3.98. The van der Waals surface area contributed by atoms with Gasteiger partial charge in [-0.15, -0.1) is 0 Å². The fourth-order valence-corrected chi connectivity index (χ4v) is 3.21. The number of alkyl halides is 3. The Hall–Kier alpha value is -1.72. The number of hydrogen-bond donors (Lipinski definition) is 1. The van der Waals surface area contributed by atoms with Gasteiger partial charge in [0.1, 0.15) is 5.69 Å². The minimum atomic E-state index is -4.61. The lowest BCUT2D eigenvalue weighted by Crippen LogP contribution is -2.41. The van der Waals surface area contributed by atoms with Gasteiger partial charge in [-0.3, -0.25) is 9.69 Å². The number of morpholine rings is 1. The van der Waals surface area contributed by atoms with Crippen molar-refractivity contribution >= 4 is 27.5 Å². The third-order valence-corrected chi connectivity index (χ3v) is 4.71. The van der Waals surface area contributed by atoms with Crippen LogP contribution in [0.15, 0.2) is 10.5 Å². The number of hydrogen-bond acceptors (Lipinski definition) is 5. The maximum Gasteiger partial charge on any atom is 0.433 e. The van der Waals surface area contributed by atoms with Crippen LogP contribution in [0.3, 0.4) is 0 Å². The van der Waals surface area contributed by atoms with Crippen LogP contribution in [-0.2, 0) is 10.9 Å². The van der Waals surface area contributed by atoms with Crippen LogP contribution < -0.4 is 5.32 Å². The van der Waals surface area contributed by atoms with Gasteiger partial charge in [-0.25, -0.2) is 9.50 Å². The van der Waals surface area contributed by atoms with Gasteiger partial charge in [0.15, 0.2) is 11.3 Å². The molecular formula is C15H17BrF3N5O2. The highest BCUT2D eigenvalue weighted by molar-refractivity contribution is 9.10. The molecule has 2 aromatic rings. The highest BCUT2D eigenvalue weighted by Crippen LogP contribution is 2.32. The van der Waals surface area contributed by atoms with E-state index >= 15 is 0 Å². The average Bonchev–Trinajstić information content (AvgIpc) is 2.91. The van der Waals surface area contributed by atoms with Crippen molar-refractivity contribution in [1.82, 2.24) is 24.8 Å². The summed E-state index contributed by atoms with van der Waals surface area (Å²) in [5.74, 6) is -0.554. The van der Waals surface area contributed by atoms with Crippen LogP contribution in [0.2, 0.25) is 0 Å². The molecule has 3 rings (SSSR count). The Labute approximate surface area is 155 Å². The van der Waals surface area contributed by atoms with Gasteiger partial charge in [0.25, 0.3) is 5.91 Å². The molecule has 26 heavy (non-hydrogen) atoms. The third kappa shape index (κ3) is 3.99. The zero-order chi connectivity index (χ0) is 18.9. The van der Waals surface area contributed by atoms with Gasteiger partial charge in [-0.05, 0) is 28.9 Å². The second-order valence-electron chi connectivity index (χ2n) is 5.89. The molecule has 1 aliphatic rings. The van der Waals surface area contributed by atoms with Gasteiger partial charge in [0.2, 0.25) is 0 Å². The molecule has 1 amide bonds. The number of ether oxygens (including phenoxy) is 1. The average molecular weight is 436 g/mol. The van der Waals surface area contributed by atoms with Crippen molar-refractivity contribution in [2.45, 2.75) is 13.1 Å². The summed E-state index contributed by atoms with van der Waals surface area (Å²) in [6, 6.07) is 0.895. The van der Waals surface area contributed by atoms with E-state index in [-0.39, 0.29) is 21.5 Å². The minimum Gasteiger partial charge on any atom is -0.379 e. The van der Waals surface area contributed by atoms with Crippen molar-refractivity contribution in [3.63, 3.8) is 0 Å². The van der Waals surface area contributed by atoms with Crippen LogP contribution in [0.5, 0.6) is 0 Å². The largest absolute Gasteiger partial charge is 0.433 e. The van der Waals surface area contributed by atoms with Crippen LogP contribution in [0, 0.1) is 6.92 Å². The van der Waals surface area contributed by atoms with Crippen molar-refractivity contribution in [2.24, 2.45) is 0 Å². The molecule has 3 heterocycles. The number of rotatable bonds is 4. The van der Waals surface area contributed by atoms with Gasteiger partial charge in [0, 0.05) is 31.9 Å². The van der Waals surface area contributed by atoms with E-state index in [4.69, 9.17) is 4.74 Å². The van der Waals surface area contributed by atoms with E-state index < -0.39 is 17.8 Å². The highest BCUT2D eigenvalue weighted by atomic mass is 79.9. The summed E-state index contributed by atoms with van der Waals surface area (Å²) in [5.41, 5.74) is -0.969. The molecule has 0 spiro atoms. The molecule has 11 heteroatoms. The van der Waals surface area contributed by atoms with Crippen molar-refractivity contribution in [3.05, 3.63) is 27.6 Å². The second-order valence-corrected chi connectivity index (χ2v) is 6.68. The Morgan fingerprint density at radius 2 is 2.08 bits per heavy atom. The van der Waals surface area contributed by atoms with E-state index in [0.717, 1.165) is 19.2 Å². The Morgan fingerprint density at radius 1 is 1.38 bits per heavy atom. The number of carbonyl (C=O) groups is 1. The molecule has 0 atom stereocenters. The van der Waals surface area contributed by atoms with Gasteiger partial charge in [-0.1, -0.05) is 0 Å². The Bertz CT molecular complexity index is 818. The molecule has 2 aromatic heterocycles. The predicted molar refractivity (Wildman–Crippen MR) is 90.0 cm³/mol. The van der Waals surface area contributed by atoms with Gasteiger partial charge in [0.05, 0.1) is 17.7 Å². The first kappa shape index (κ1) is 19.1. The monoisotopic (exact) mass is 435 g/mol. The molecule has 142 valence electrons. The van der Waals surface area contributed by atoms with E-state index in [2.05, 4.69) is 36.2 Å². The number of nitrogens with one attached hydrogen (secondary N) is 1. The van der Waals surface area contributed by atoms with Crippen LogP contribution in [0.25, 0.3) is 5.65 Å². The van der Waals surface area contributed by atoms with Crippen LogP contribution in [-0.4, -0.2) is 64.8 Å². The summed E-state index contributed by atoms with van der Waals surface area (Å²) in [5, 5.41) is 6.51. The molecule has 0 saturated carbocycles. The van der Waals surface area contributed by atoms with Crippen molar-refractivity contribution in [2.75, 3.05) is 39.4 Å². The molecule has 1 aliphatic heterocycles. The Balaban J connectivity index is 1.79. The molecule has 1 saturated heterocycles. The lowest BCUT2D eigenvalue weighted by atomic mass is 10.3. The standard InChI is InChI=1S/C15H17BrF3N5O2/c1-9-8-10(15(17,18)19)24-13(21-9)11(16)12(22-24)14(25)20-2-3-23-4-6-26-7-5-23/h8H,2-7H2,1H3,(H,20,25). The Morgan fingerprint density at radius 3 is 2.73 bits per heavy atom. The summed E-state index contributed by atoms with van der Waals surface area (Å²) in [6.45, 7) is 5.31. The van der Waals surface area contributed by atoms with E-state index in [1.165, 1.54) is 6.92 Å². The number of amides is 1. The molecule has 0 bridgehead atoms. The summed E-state index contributed by atoms with van der Waals surface area (Å²) < 4.78 is 45.7. The topological polar surface area (TPSA) is 71.8 Å². The number of fused-ring (bicyclic) bond motifs is 1. The van der Waals surface area contributed by atoms with Crippen LogP contribution in [0.4, 0.5) is 13.2 Å². The molecule has 1 N–H and O–H groups in total. The van der Waals surface area contributed by atoms with Crippen molar-refractivity contribution < 1.29 is 22.7 Å². The number of aromatic nitrogens is 3. The van der Waals surface area contributed by atoms with E-state index in [1.807, 2.05) is 0 Å². The summed E-state index contributed by atoms with van der Waals surface area (Å²) in [4.78, 5) is 18.5. The van der Waals surface area contributed by atoms with Crippen molar-refractivity contribution in [3.8, 4) is 0 Å². The highest BCUT2D eigenvalue weighted by Gasteiger charge is 2.36. The Kier molecular flexibility index (Phi) is 5.49. The zero-order valence-electron chi connectivity index (χ0n) is 13.9. The van der Waals surface area contributed by atoms with E-state index in [0.29, 0.717) is 30.8 Å². The minimum absolute atomic E-state index is 0.0457. The first-order valence-electron chi connectivity index (χ1n) is 7.99. The van der Waals surface area contributed by atoms with E-state index in [1.54, 1.807) is 0 Å². The van der Waals surface area contributed by atoms with Gasteiger partial charge < -0.3 is 10.1 Å². The quantitative estimate of drug-likeness (QED) is 0.793. The predicted octanol–water partition coefficient (Wildman–Crippen LogP) is 1.88. The SMILES string of the molecule is Cc1cc(C(F)(F)F)n2nc(C(=O)NCCN3CCOCC3)c(Br)c2n1. The van der Waals surface area contributed by atoms with Crippen molar-refractivity contribution in [1.29, 1.82) is 0 Å². The second kappa shape index (κ2) is 7.49. The molecule has 1 fully saturated rings. The number of aryl methyl sites for hydroxylation is 1. The fraction of sp³-hybridized carbons (Fsp3) is 0.533. The van der Waals surface area contributed by atoms with Crippen LogP contribution >= 0.6 is 15.9 Å². The first-order chi connectivity index (χ1) is 12.3. The summed E-state index contributed by atoms with van der Waals surface area (Å²) >= 11 is 3.16. The van der Waals surface area contributed by atoms with Gasteiger partial charge >= 0.3 is 6.18 Å². The molecule has 0 aliphatic carbocycles. The molecule has 7 nitrogen and oxygen atoms in total. The molecule has 0 radical (unpaired) electrons. The maximum absolute atomic E-state index is 13.2. The number of nitrogens with zero attached hydrogens (tertiary/aromatic N) is 4. The summed E-state index contributed by atoms with van der Waals surface area (Å²) in [7, 11) is 0. The molecule has 0 unspecified atom stereocenters. The number of carbonyl (C=O) groups excluding carboxylic acids is 1. The number of halogens is 4. The molecular weight excluding hydrogens is 419 g/mol. The fourth-order valence-electron chi connectivity index (χ4n) is 2.70. The molecule has 0 aromatic carbocycles.